The summed E-state index contributed by atoms with van der Waals surface area (Å²) in [6.45, 7) is 2.15. The van der Waals surface area contributed by atoms with Crippen LogP contribution in [0.2, 0.25) is 0 Å². The van der Waals surface area contributed by atoms with E-state index in [1.165, 1.54) is 18.1 Å². The maximum absolute atomic E-state index is 11.8. The molecule has 0 aliphatic carbocycles. The van der Waals surface area contributed by atoms with Gasteiger partial charge in [-0.2, -0.15) is 5.26 Å². The molecule has 1 rings (SSSR count). The quantitative estimate of drug-likeness (QED) is 0.614. The van der Waals surface area contributed by atoms with Crippen molar-refractivity contribution in [3.05, 3.63) is 41.5 Å². The van der Waals surface area contributed by atoms with Crippen LogP contribution in [0.15, 0.2) is 30.3 Å². The van der Waals surface area contributed by atoms with Crippen molar-refractivity contribution in [2.45, 2.75) is 6.92 Å². The zero-order valence-electron chi connectivity index (χ0n) is 12.4. The Morgan fingerprint density at radius 1 is 1.38 bits per heavy atom. The first-order valence-corrected chi connectivity index (χ1v) is 6.49. The third-order valence-corrected chi connectivity index (χ3v) is 2.89. The van der Waals surface area contributed by atoms with E-state index in [1.807, 2.05) is 0 Å². The molecule has 1 unspecified atom stereocenters. The lowest BCUT2D eigenvalue weighted by atomic mass is 10.1. The number of ether oxygens (including phenoxy) is 1. The van der Waals surface area contributed by atoms with Crippen LogP contribution in [0.3, 0.4) is 0 Å². The normalized spacial score (nSPS) is 11.7. The molecule has 1 atom stereocenters. The van der Waals surface area contributed by atoms with Crippen LogP contribution in [0, 0.1) is 17.2 Å². The van der Waals surface area contributed by atoms with Crippen molar-refractivity contribution in [2.75, 3.05) is 20.7 Å². The van der Waals surface area contributed by atoms with E-state index in [-0.39, 0.29) is 11.8 Å². The van der Waals surface area contributed by atoms with Crippen molar-refractivity contribution in [1.29, 1.82) is 5.26 Å². The molecular weight excluding hydrogens is 268 g/mol. The number of carbonyl (C=O) groups excluding carboxylic acids is 2. The van der Waals surface area contributed by atoms with Gasteiger partial charge in [-0.05, 0) is 30.7 Å². The number of nitriles is 1. The number of likely N-dealkylation sites (N-methyl/N-ethyl adjacent to an activating group) is 1. The molecule has 21 heavy (non-hydrogen) atoms. The molecule has 1 amide bonds. The average molecular weight is 286 g/mol. The number of hydrogen-bond donors (Lipinski definition) is 0. The van der Waals surface area contributed by atoms with Crippen molar-refractivity contribution >= 4 is 18.0 Å². The van der Waals surface area contributed by atoms with Gasteiger partial charge >= 0.3 is 5.97 Å². The molecule has 0 spiro atoms. The number of rotatable bonds is 5. The second kappa shape index (κ2) is 7.85. The second-order valence-corrected chi connectivity index (χ2v) is 4.70. The zero-order chi connectivity index (χ0) is 15.8. The van der Waals surface area contributed by atoms with Crippen LogP contribution in [0.25, 0.3) is 6.08 Å². The molecule has 0 N–H and O–H groups in total. The Labute approximate surface area is 124 Å². The van der Waals surface area contributed by atoms with E-state index in [4.69, 9.17) is 5.26 Å². The molecule has 110 valence electrons. The summed E-state index contributed by atoms with van der Waals surface area (Å²) in [6.07, 6.45) is 3.11. The number of carbonyl (C=O) groups is 2. The second-order valence-electron chi connectivity index (χ2n) is 4.70. The summed E-state index contributed by atoms with van der Waals surface area (Å²) in [5, 5.41) is 8.72. The molecule has 0 radical (unpaired) electrons. The largest absolute Gasteiger partial charge is 0.465 e. The van der Waals surface area contributed by atoms with Gasteiger partial charge in [-0.1, -0.05) is 12.1 Å². The Hall–Kier alpha value is -2.61. The molecule has 0 aromatic heterocycles. The Kier molecular flexibility index (Phi) is 6.15. The lowest BCUT2D eigenvalue weighted by Crippen LogP contribution is -2.29. The molecule has 0 fully saturated rings. The smallest absolute Gasteiger partial charge is 0.337 e. The predicted octanol–water partition coefficient (Wildman–Crippen LogP) is 2.10. The topological polar surface area (TPSA) is 70.4 Å². The third-order valence-electron chi connectivity index (χ3n) is 2.89. The summed E-state index contributed by atoms with van der Waals surface area (Å²) in [5.74, 6) is -0.771. The van der Waals surface area contributed by atoms with Crippen LogP contribution in [0.1, 0.15) is 22.8 Å². The van der Waals surface area contributed by atoms with Gasteiger partial charge in [0.2, 0.25) is 5.91 Å². The van der Waals surface area contributed by atoms with Crippen LogP contribution in [-0.4, -0.2) is 37.5 Å². The van der Waals surface area contributed by atoms with Gasteiger partial charge in [-0.15, -0.1) is 0 Å². The van der Waals surface area contributed by atoms with Crippen LogP contribution >= 0.6 is 0 Å². The fourth-order valence-electron chi connectivity index (χ4n) is 1.68. The molecule has 0 aliphatic heterocycles. The molecule has 1 aromatic rings. The maximum Gasteiger partial charge on any atom is 0.337 e. The highest BCUT2D eigenvalue weighted by atomic mass is 16.5. The molecule has 0 saturated carbocycles. The molecule has 1 aromatic carbocycles. The summed E-state index contributed by atoms with van der Waals surface area (Å²) in [4.78, 5) is 24.6. The van der Waals surface area contributed by atoms with E-state index in [9.17, 15) is 9.59 Å². The van der Waals surface area contributed by atoms with Gasteiger partial charge in [0.05, 0.1) is 24.7 Å². The van der Waals surface area contributed by atoms with E-state index in [0.717, 1.165) is 5.56 Å². The zero-order valence-corrected chi connectivity index (χ0v) is 12.4. The Bertz CT molecular complexity index is 570. The molecular formula is C16H18N2O3. The fraction of sp³-hybridized carbons (Fsp3) is 0.312. The van der Waals surface area contributed by atoms with E-state index >= 15 is 0 Å². The van der Waals surface area contributed by atoms with Crippen molar-refractivity contribution in [2.24, 2.45) is 5.92 Å². The van der Waals surface area contributed by atoms with E-state index in [2.05, 4.69) is 10.8 Å². The lowest BCUT2D eigenvalue weighted by Gasteiger charge is -2.15. The highest BCUT2D eigenvalue weighted by molar-refractivity contribution is 5.92. The van der Waals surface area contributed by atoms with Crippen LogP contribution < -0.4 is 0 Å². The van der Waals surface area contributed by atoms with Gasteiger partial charge in [0.25, 0.3) is 0 Å². The first kappa shape index (κ1) is 16.4. The molecule has 0 bridgehead atoms. The molecule has 5 heteroatoms. The van der Waals surface area contributed by atoms with Gasteiger partial charge in [0.1, 0.15) is 0 Å². The summed E-state index contributed by atoms with van der Waals surface area (Å²) in [7, 11) is 2.98. The Morgan fingerprint density at radius 2 is 2.00 bits per heavy atom. The summed E-state index contributed by atoms with van der Waals surface area (Å²) >= 11 is 0. The number of amides is 1. The number of benzene rings is 1. The van der Waals surface area contributed by atoms with Crippen LogP contribution in [0.4, 0.5) is 0 Å². The highest BCUT2D eigenvalue weighted by Crippen LogP contribution is 2.08. The standard InChI is InChI=1S/C16H18N2O3/c1-12(10-17)11-18(2)15(19)9-6-13-4-7-14(8-5-13)16(20)21-3/h4-9,12H,11H2,1-3H3. The van der Waals surface area contributed by atoms with Crippen molar-refractivity contribution in [3.8, 4) is 6.07 Å². The predicted molar refractivity (Wildman–Crippen MR) is 79.2 cm³/mol. The van der Waals surface area contributed by atoms with Crippen molar-refractivity contribution < 1.29 is 14.3 Å². The van der Waals surface area contributed by atoms with Crippen molar-refractivity contribution in [1.82, 2.24) is 4.90 Å². The lowest BCUT2D eigenvalue weighted by molar-refractivity contribution is -0.125. The van der Waals surface area contributed by atoms with Gasteiger partial charge in [-0.3, -0.25) is 4.79 Å². The summed E-state index contributed by atoms with van der Waals surface area (Å²) in [6, 6.07) is 8.82. The minimum atomic E-state index is -0.396. The van der Waals surface area contributed by atoms with Gasteiger partial charge in [0.15, 0.2) is 0 Å². The number of hydrogen-bond acceptors (Lipinski definition) is 4. The van der Waals surface area contributed by atoms with Crippen LogP contribution in [0.5, 0.6) is 0 Å². The summed E-state index contributed by atoms with van der Waals surface area (Å²) in [5.41, 5.74) is 1.26. The third kappa shape index (κ3) is 5.11. The van der Waals surface area contributed by atoms with Crippen molar-refractivity contribution in [3.63, 3.8) is 0 Å². The average Bonchev–Trinajstić information content (AvgIpc) is 2.51. The van der Waals surface area contributed by atoms with E-state index in [0.29, 0.717) is 12.1 Å². The highest BCUT2D eigenvalue weighted by Gasteiger charge is 2.09. The summed E-state index contributed by atoms with van der Waals surface area (Å²) < 4.78 is 4.61. The fourth-order valence-corrected chi connectivity index (χ4v) is 1.68. The number of methoxy groups -OCH3 is 1. The monoisotopic (exact) mass is 286 g/mol. The molecule has 0 heterocycles. The maximum atomic E-state index is 11.8. The molecule has 5 nitrogen and oxygen atoms in total. The van der Waals surface area contributed by atoms with E-state index in [1.54, 1.807) is 44.3 Å². The molecule has 0 saturated heterocycles. The Balaban J connectivity index is 2.66. The molecule has 0 aliphatic rings. The first-order chi connectivity index (χ1) is 9.97. The van der Waals surface area contributed by atoms with Crippen LogP contribution in [-0.2, 0) is 9.53 Å². The first-order valence-electron chi connectivity index (χ1n) is 6.49. The van der Waals surface area contributed by atoms with Gasteiger partial charge < -0.3 is 9.64 Å². The van der Waals surface area contributed by atoms with Gasteiger partial charge in [-0.25, -0.2) is 4.79 Å². The minimum absolute atomic E-state index is 0.172. The Morgan fingerprint density at radius 3 is 2.52 bits per heavy atom. The number of esters is 1. The number of nitrogens with zero attached hydrogens (tertiary/aromatic N) is 2. The minimum Gasteiger partial charge on any atom is -0.465 e. The van der Waals surface area contributed by atoms with Gasteiger partial charge in [0, 0.05) is 19.7 Å². The SMILES string of the molecule is COC(=O)c1ccc(C=CC(=O)N(C)CC(C)C#N)cc1. The van der Waals surface area contributed by atoms with E-state index < -0.39 is 5.97 Å².